The maximum absolute atomic E-state index is 12.8. The van der Waals surface area contributed by atoms with Gasteiger partial charge >= 0.3 is 12.0 Å². The van der Waals surface area contributed by atoms with Crippen LogP contribution in [0.2, 0.25) is 0 Å². The number of furan rings is 1. The van der Waals surface area contributed by atoms with Crippen LogP contribution in [0.1, 0.15) is 48.2 Å². The summed E-state index contributed by atoms with van der Waals surface area (Å²) >= 11 is 0. The van der Waals surface area contributed by atoms with Gasteiger partial charge in [0.2, 0.25) is 5.76 Å². The van der Waals surface area contributed by atoms with Gasteiger partial charge < -0.3 is 19.2 Å². The third kappa shape index (κ3) is 3.66. The summed E-state index contributed by atoms with van der Waals surface area (Å²) in [6, 6.07) is 7.31. The molecule has 1 spiro atoms. The van der Waals surface area contributed by atoms with Gasteiger partial charge in [-0.15, -0.1) is 5.01 Å². The summed E-state index contributed by atoms with van der Waals surface area (Å²) in [5, 5.41) is 7.76. The number of carbonyl (C=O) groups is 3. The molecule has 3 amide bonds. The fourth-order valence-corrected chi connectivity index (χ4v) is 3.72. The normalized spacial score (nSPS) is 18.1. The SMILES string of the molecule is COc1cc(/C=N/N2C(=O)NC3(CCCCC3)C2=O)ccc1OC(=O)c1ccco1. The Morgan fingerprint density at radius 2 is 2.00 bits per heavy atom. The van der Waals surface area contributed by atoms with Crippen molar-refractivity contribution < 1.29 is 28.3 Å². The number of hydrogen-bond donors (Lipinski definition) is 1. The summed E-state index contributed by atoms with van der Waals surface area (Å²) in [4.78, 5) is 37.1. The number of rotatable bonds is 5. The van der Waals surface area contributed by atoms with Gasteiger partial charge in [-0.2, -0.15) is 5.10 Å². The molecular weight excluding hydrogens is 390 g/mol. The van der Waals surface area contributed by atoms with Crippen molar-refractivity contribution >= 4 is 24.1 Å². The zero-order chi connectivity index (χ0) is 21.1. The van der Waals surface area contributed by atoms with Crippen LogP contribution >= 0.6 is 0 Å². The molecule has 4 rings (SSSR count). The van der Waals surface area contributed by atoms with E-state index in [1.807, 2.05) is 0 Å². The minimum atomic E-state index is -0.825. The van der Waals surface area contributed by atoms with Crippen molar-refractivity contribution in [2.24, 2.45) is 5.10 Å². The first-order valence-corrected chi connectivity index (χ1v) is 9.67. The number of esters is 1. The van der Waals surface area contributed by atoms with E-state index in [1.54, 1.807) is 18.2 Å². The summed E-state index contributed by atoms with van der Waals surface area (Å²) in [6.07, 6.45) is 6.89. The molecule has 2 aliphatic rings. The zero-order valence-corrected chi connectivity index (χ0v) is 16.4. The predicted molar refractivity (Wildman–Crippen MR) is 105 cm³/mol. The Balaban J connectivity index is 1.49. The molecule has 1 aliphatic heterocycles. The molecule has 156 valence electrons. The molecule has 0 radical (unpaired) electrons. The number of nitrogens with zero attached hydrogens (tertiary/aromatic N) is 2. The van der Waals surface area contributed by atoms with E-state index in [1.165, 1.54) is 31.7 Å². The molecule has 1 aliphatic carbocycles. The number of imide groups is 1. The van der Waals surface area contributed by atoms with Gasteiger partial charge in [-0.3, -0.25) is 4.79 Å². The number of carbonyl (C=O) groups excluding carboxylic acids is 3. The Kier molecular flexibility index (Phi) is 5.26. The Morgan fingerprint density at radius 1 is 1.20 bits per heavy atom. The Labute approximate surface area is 172 Å². The van der Waals surface area contributed by atoms with Crippen molar-refractivity contribution in [2.75, 3.05) is 7.11 Å². The van der Waals surface area contributed by atoms with E-state index < -0.39 is 17.5 Å². The molecule has 0 unspecified atom stereocenters. The van der Waals surface area contributed by atoms with Gasteiger partial charge in [-0.25, -0.2) is 9.59 Å². The standard InChI is InChI=1S/C21H21N3O6/c1-28-17-12-14(7-8-15(17)30-18(25)16-6-5-11-29-16)13-22-24-19(26)21(23-20(24)27)9-3-2-4-10-21/h5-8,11-13H,2-4,9-10H2,1H3,(H,23,27)/b22-13+. The number of ether oxygens (including phenoxy) is 2. The molecule has 0 atom stereocenters. The molecule has 2 heterocycles. The highest BCUT2D eigenvalue weighted by Crippen LogP contribution is 2.34. The fraction of sp³-hybridized carbons (Fsp3) is 0.333. The van der Waals surface area contributed by atoms with E-state index in [0.717, 1.165) is 24.3 Å². The second-order valence-electron chi connectivity index (χ2n) is 7.21. The summed E-state index contributed by atoms with van der Waals surface area (Å²) in [5.74, 6) is -0.416. The topological polar surface area (TPSA) is 110 Å². The van der Waals surface area contributed by atoms with Crippen LogP contribution in [0, 0.1) is 0 Å². The minimum absolute atomic E-state index is 0.0675. The number of hydrazone groups is 1. The first-order valence-electron chi connectivity index (χ1n) is 9.67. The number of hydrogen-bond acceptors (Lipinski definition) is 7. The summed E-state index contributed by atoms with van der Waals surface area (Å²) < 4.78 is 15.6. The molecule has 2 fully saturated rings. The Hall–Kier alpha value is -3.62. The van der Waals surface area contributed by atoms with Crippen molar-refractivity contribution in [3.8, 4) is 11.5 Å². The van der Waals surface area contributed by atoms with E-state index >= 15 is 0 Å². The number of urea groups is 1. The van der Waals surface area contributed by atoms with Crippen molar-refractivity contribution in [1.29, 1.82) is 0 Å². The highest BCUT2D eigenvalue weighted by molar-refractivity contribution is 6.07. The molecule has 1 N–H and O–H groups in total. The summed E-state index contributed by atoms with van der Waals surface area (Å²) in [5.41, 5.74) is -0.260. The van der Waals surface area contributed by atoms with Gasteiger partial charge in [0.05, 0.1) is 19.6 Å². The lowest BCUT2D eigenvalue weighted by Gasteiger charge is -2.29. The van der Waals surface area contributed by atoms with Crippen molar-refractivity contribution in [2.45, 2.75) is 37.6 Å². The smallest absolute Gasteiger partial charge is 0.379 e. The van der Waals surface area contributed by atoms with Gasteiger partial charge in [-0.05, 0) is 48.7 Å². The highest BCUT2D eigenvalue weighted by atomic mass is 16.6. The lowest BCUT2D eigenvalue weighted by Crippen LogP contribution is -2.48. The van der Waals surface area contributed by atoms with Gasteiger partial charge in [0.15, 0.2) is 11.5 Å². The van der Waals surface area contributed by atoms with Gasteiger partial charge in [0, 0.05) is 0 Å². The van der Waals surface area contributed by atoms with Crippen molar-refractivity contribution in [3.05, 3.63) is 47.9 Å². The predicted octanol–water partition coefficient (Wildman–Crippen LogP) is 3.10. The quantitative estimate of drug-likeness (QED) is 0.350. The van der Waals surface area contributed by atoms with Crippen LogP contribution in [0.3, 0.4) is 0 Å². The van der Waals surface area contributed by atoms with Crippen LogP contribution in [-0.2, 0) is 4.79 Å². The number of methoxy groups -OCH3 is 1. The zero-order valence-electron chi connectivity index (χ0n) is 16.4. The second-order valence-corrected chi connectivity index (χ2v) is 7.21. The first-order chi connectivity index (χ1) is 14.5. The minimum Gasteiger partial charge on any atom is -0.493 e. The number of benzene rings is 1. The van der Waals surface area contributed by atoms with Gasteiger partial charge in [-0.1, -0.05) is 19.3 Å². The summed E-state index contributed by atoms with van der Waals surface area (Å²) in [7, 11) is 1.44. The van der Waals surface area contributed by atoms with E-state index in [0.29, 0.717) is 24.2 Å². The first kappa shape index (κ1) is 19.7. The van der Waals surface area contributed by atoms with E-state index in [4.69, 9.17) is 13.9 Å². The van der Waals surface area contributed by atoms with Gasteiger partial charge in [0.25, 0.3) is 5.91 Å². The molecule has 1 saturated carbocycles. The monoisotopic (exact) mass is 411 g/mol. The fourth-order valence-electron chi connectivity index (χ4n) is 3.72. The van der Waals surface area contributed by atoms with Crippen LogP contribution in [0.4, 0.5) is 4.79 Å². The molecular formula is C21H21N3O6. The largest absolute Gasteiger partial charge is 0.493 e. The van der Waals surface area contributed by atoms with Crippen LogP contribution in [0.15, 0.2) is 46.1 Å². The highest BCUT2D eigenvalue weighted by Gasteiger charge is 2.51. The number of amides is 3. The Morgan fingerprint density at radius 3 is 2.70 bits per heavy atom. The third-order valence-electron chi connectivity index (χ3n) is 5.28. The molecule has 2 aromatic rings. The van der Waals surface area contributed by atoms with Crippen molar-refractivity contribution in [1.82, 2.24) is 10.3 Å². The maximum atomic E-state index is 12.8. The molecule has 30 heavy (non-hydrogen) atoms. The molecule has 1 saturated heterocycles. The number of nitrogens with one attached hydrogen (secondary N) is 1. The molecule has 1 aromatic heterocycles. The van der Waals surface area contributed by atoms with Crippen LogP contribution < -0.4 is 14.8 Å². The molecule has 1 aromatic carbocycles. The van der Waals surface area contributed by atoms with Crippen LogP contribution in [-0.4, -0.2) is 41.8 Å². The van der Waals surface area contributed by atoms with E-state index in [2.05, 4.69) is 10.4 Å². The lowest BCUT2D eigenvalue weighted by atomic mass is 9.82. The average molecular weight is 411 g/mol. The van der Waals surface area contributed by atoms with Crippen molar-refractivity contribution in [3.63, 3.8) is 0 Å². The molecule has 9 nitrogen and oxygen atoms in total. The van der Waals surface area contributed by atoms with Crippen LogP contribution in [0.5, 0.6) is 11.5 Å². The Bertz CT molecular complexity index is 992. The average Bonchev–Trinajstić information content (AvgIpc) is 3.36. The van der Waals surface area contributed by atoms with Crippen LogP contribution in [0.25, 0.3) is 0 Å². The second kappa shape index (κ2) is 8.02. The van der Waals surface area contributed by atoms with E-state index in [9.17, 15) is 14.4 Å². The van der Waals surface area contributed by atoms with Gasteiger partial charge in [0.1, 0.15) is 5.54 Å². The lowest BCUT2D eigenvalue weighted by molar-refractivity contribution is -0.132. The molecule has 9 heteroatoms. The summed E-state index contributed by atoms with van der Waals surface area (Å²) in [6.45, 7) is 0. The third-order valence-corrected chi connectivity index (χ3v) is 5.28. The molecule has 0 bridgehead atoms. The maximum Gasteiger partial charge on any atom is 0.379 e. The van der Waals surface area contributed by atoms with E-state index in [-0.39, 0.29) is 17.4 Å².